The van der Waals surface area contributed by atoms with Crippen LogP contribution in [0.1, 0.15) is 12.5 Å². The number of carbonyl (C=O) groups excluding carboxylic acids is 2. The third kappa shape index (κ3) is 3.68. The Labute approximate surface area is 159 Å². The highest BCUT2D eigenvalue weighted by Gasteiger charge is 2.52. The Bertz CT molecular complexity index is 928. The lowest BCUT2D eigenvalue weighted by atomic mass is 10.2. The Kier molecular flexibility index (Phi) is 5.92. The average molecular weight is 418 g/mol. The standard InChI is InChI=1S/C16H13Cl2NO6S/c1-11(20)25-19(16(21)22,10-12-6-3-2-4-7-12)26(23,24)15-13(17)8-5-9-14(15)18/h2-9H,10H2,1H3. The molecule has 0 fully saturated rings. The van der Waals surface area contributed by atoms with E-state index < -0.39 is 37.6 Å². The summed E-state index contributed by atoms with van der Waals surface area (Å²) in [5.74, 6) is -1.14. The van der Waals surface area contributed by atoms with Gasteiger partial charge in [-0.05, 0) is 12.1 Å². The summed E-state index contributed by atoms with van der Waals surface area (Å²) >= 11 is 11.9. The van der Waals surface area contributed by atoms with Gasteiger partial charge >= 0.3 is 22.1 Å². The Balaban J connectivity index is 2.77. The van der Waals surface area contributed by atoms with Crippen LogP contribution >= 0.6 is 23.2 Å². The summed E-state index contributed by atoms with van der Waals surface area (Å²) in [6.45, 7) is 0.136. The van der Waals surface area contributed by atoms with Crippen LogP contribution in [-0.2, 0) is 26.2 Å². The minimum absolute atomic E-state index is 0.268. The van der Waals surface area contributed by atoms with Crippen molar-refractivity contribution in [1.29, 1.82) is 0 Å². The second-order valence-corrected chi connectivity index (χ2v) is 7.95. The van der Waals surface area contributed by atoms with Crippen LogP contribution < -0.4 is 5.11 Å². The molecule has 7 nitrogen and oxygen atoms in total. The van der Waals surface area contributed by atoms with E-state index in [1.165, 1.54) is 30.3 Å². The van der Waals surface area contributed by atoms with E-state index in [-0.39, 0.29) is 15.6 Å². The summed E-state index contributed by atoms with van der Waals surface area (Å²) < 4.78 is 24.2. The zero-order chi connectivity index (χ0) is 19.5. The molecular weight excluding hydrogens is 405 g/mol. The van der Waals surface area contributed by atoms with Crippen LogP contribution in [0.3, 0.4) is 0 Å². The van der Waals surface area contributed by atoms with Crippen LogP contribution in [0.25, 0.3) is 0 Å². The van der Waals surface area contributed by atoms with Gasteiger partial charge < -0.3 is 9.90 Å². The normalized spacial score (nSPS) is 13.7. The fraction of sp³-hybridized carbons (Fsp3) is 0.125. The first-order valence-electron chi connectivity index (χ1n) is 7.15. The summed E-state index contributed by atoms with van der Waals surface area (Å²) in [5.41, 5.74) is 0.268. The number of hydrogen-bond donors (Lipinski definition) is 0. The predicted octanol–water partition coefficient (Wildman–Crippen LogP) is 2.52. The number of halogens is 2. The number of benzene rings is 2. The molecule has 10 heteroatoms. The van der Waals surface area contributed by atoms with E-state index in [0.29, 0.717) is 0 Å². The number of sulfonamides is 1. The molecule has 1 atom stereocenters. The maximum Gasteiger partial charge on any atom is 0.375 e. The van der Waals surface area contributed by atoms with Gasteiger partial charge in [0.15, 0.2) is 11.4 Å². The quantitative estimate of drug-likeness (QED) is 0.559. The van der Waals surface area contributed by atoms with E-state index in [1.807, 2.05) is 0 Å². The minimum atomic E-state index is -4.95. The Hall–Kier alpha value is -2.13. The van der Waals surface area contributed by atoms with Gasteiger partial charge in [0.1, 0.15) is 0 Å². The first-order chi connectivity index (χ1) is 12.1. The summed E-state index contributed by atoms with van der Waals surface area (Å²) in [6.07, 6.45) is -2.17. The first kappa shape index (κ1) is 20.2. The topological polar surface area (TPSA) is 101 Å². The molecule has 0 N–H and O–H groups in total. The number of hydrogen-bond acceptors (Lipinski definition) is 6. The summed E-state index contributed by atoms with van der Waals surface area (Å²) in [5, 5.41) is 11.3. The van der Waals surface area contributed by atoms with Crippen molar-refractivity contribution in [2.75, 3.05) is 0 Å². The van der Waals surface area contributed by atoms with E-state index in [4.69, 9.17) is 28.0 Å². The number of carbonyl (C=O) groups is 2. The van der Waals surface area contributed by atoms with Gasteiger partial charge in [-0.3, -0.25) is 4.84 Å². The zero-order valence-electron chi connectivity index (χ0n) is 13.4. The highest BCUT2D eigenvalue weighted by Crippen LogP contribution is 2.36. The zero-order valence-corrected chi connectivity index (χ0v) is 15.7. The SMILES string of the molecule is CC(=O)O[N+](Cc1ccccc1)(C(=O)[O-])S(=O)(=O)c1c(Cl)cccc1Cl. The summed E-state index contributed by atoms with van der Waals surface area (Å²) in [6, 6.07) is 11.6. The van der Waals surface area contributed by atoms with Gasteiger partial charge in [0, 0.05) is 16.5 Å². The first-order valence-corrected chi connectivity index (χ1v) is 9.34. The van der Waals surface area contributed by atoms with Crippen molar-refractivity contribution in [1.82, 2.24) is 0 Å². The van der Waals surface area contributed by atoms with Crippen molar-refractivity contribution in [2.45, 2.75) is 18.4 Å². The minimum Gasteiger partial charge on any atom is -0.494 e. The number of nitrogens with zero attached hydrogens (tertiary/aromatic N) is 1. The fourth-order valence-electron chi connectivity index (χ4n) is 2.27. The van der Waals surface area contributed by atoms with Gasteiger partial charge in [0.25, 0.3) is 0 Å². The number of rotatable bonds is 4. The Morgan fingerprint density at radius 1 is 1.04 bits per heavy atom. The molecule has 2 aromatic rings. The molecule has 0 aliphatic heterocycles. The molecule has 0 aliphatic carbocycles. The number of quaternary nitrogens is 1. The molecule has 0 radical (unpaired) electrons. The van der Waals surface area contributed by atoms with E-state index in [1.54, 1.807) is 18.2 Å². The van der Waals surface area contributed by atoms with E-state index in [2.05, 4.69) is 0 Å². The van der Waals surface area contributed by atoms with E-state index in [9.17, 15) is 23.1 Å². The maximum absolute atomic E-state index is 13.2. The largest absolute Gasteiger partial charge is 0.494 e. The lowest BCUT2D eigenvalue weighted by Crippen LogP contribution is -2.61. The highest BCUT2D eigenvalue weighted by atomic mass is 35.5. The molecule has 0 bridgehead atoms. The van der Waals surface area contributed by atoms with Crippen LogP contribution in [-0.4, -0.2) is 24.5 Å². The lowest BCUT2D eigenvalue weighted by molar-refractivity contribution is -0.950. The Morgan fingerprint density at radius 3 is 2.04 bits per heavy atom. The fourth-order valence-corrected chi connectivity index (χ4v) is 4.90. The van der Waals surface area contributed by atoms with Crippen LogP contribution in [0.5, 0.6) is 0 Å². The second-order valence-electron chi connectivity index (χ2n) is 5.19. The second kappa shape index (κ2) is 7.63. The van der Waals surface area contributed by atoms with Gasteiger partial charge in [-0.15, -0.1) is 0 Å². The lowest BCUT2D eigenvalue weighted by Gasteiger charge is -2.32. The highest BCUT2D eigenvalue weighted by molar-refractivity contribution is 7.86. The molecule has 0 saturated carbocycles. The van der Waals surface area contributed by atoms with Gasteiger partial charge in [-0.2, -0.15) is 8.42 Å². The van der Waals surface area contributed by atoms with Gasteiger partial charge in [0.2, 0.25) is 0 Å². The van der Waals surface area contributed by atoms with Crippen molar-refractivity contribution in [3.05, 3.63) is 64.1 Å². The molecule has 26 heavy (non-hydrogen) atoms. The predicted molar refractivity (Wildman–Crippen MR) is 91.2 cm³/mol. The van der Waals surface area contributed by atoms with Gasteiger partial charge in [-0.25, -0.2) is 4.79 Å². The molecule has 0 aromatic heterocycles. The van der Waals surface area contributed by atoms with Crippen molar-refractivity contribution in [3.8, 4) is 0 Å². The molecule has 0 saturated heterocycles. The van der Waals surface area contributed by atoms with E-state index in [0.717, 1.165) is 6.92 Å². The Morgan fingerprint density at radius 2 is 1.58 bits per heavy atom. The third-order valence-corrected chi connectivity index (χ3v) is 6.29. The molecule has 1 amide bonds. The molecule has 2 rings (SSSR count). The monoisotopic (exact) mass is 417 g/mol. The molecule has 0 spiro atoms. The maximum atomic E-state index is 13.2. The van der Waals surface area contributed by atoms with Gasteiger partial charge in [0.05, 0.1) is 10.0 Å². The van der Waals surface area contributed by atoms with Crippen LogP contribution in [0.4, 0.5) is 4.79 Å². The van der Waals surface area contributed by atoms with Crippen molar-refractivity contribution in [2.24, 2.45) is 0 Å². The van der Waals surface area contributed by atoms with Crippen molar-refractivity contribution >= 4 is 45.3 Å². The number of carboxylic acid groups (broad SMARTS) is 1. The van der Waals surface area contributed by atoms with Crippen molar-refractivity contribution in [3.63, 3.8) is 0 Å². The smallest absolute Gasteiger partial charge is 0.375 e. The average Bonchev–Trinajstić information content (AvgIpc) is 2.54. The summed E-state index contributed by atoms with van der Waals surface area (Å²) in [4.78, 5) is 27.6. The van der Waals surface area contributed by atoms with Crippen LogP contribution in [0.15, 0.2) is 53.4 Å². The number of amides is 1. The molecule has 138 valence electrons. The molecule has 1 unspecified atom stereocenters. The molecule has 2 aromatic carbocycles. The van der Waals surface area contributed by atoms with Gasteiger partial charge in [-0.1, -0.05) is 59.6 Å². The molecule has 0 heterocycles. The summed E-state index contributed by atoms with van der Waals surface area (Å²) in [7, 11) is -4.95. The molecule has 0 aliphatic rings. The van der Waals surface area contributed by atoms with Crippen LogP contribution in [0.2, 0.25) is 10.0 Å². The van der Waals surface area contributed by atoms with Crippen LogP contribution in [0, 0.1) is 0 Å². The van der Waals surface area contributed by atoms with E-state index >= 15 is 0 Å². The number of hydroxylamine groups is 2. The molecular formula is C16H13Cl2NO6S. The van der Waals surface area contributed by atoms with Crippen molar-refractivity contribution < 1.29 is 32.0 Å². The third-order valence-electron chi connectivity index (χ3n) is 3.35.